The molecule has 2 fully saturated rings. The molecule has 6 rings (SSSR count). The summed E-state index contributed by atoms with van der Waals surface area (Å²) in [6.45, 7) is 2.97. The molecule has 0 bridgehead atoms. The number of piperazine rings is 1. The number of anilines is 2. The number of halogens is 5. The highest BCUT2D eigenvalue weighted by Crippen LogP contribution is 2.39. The number of nitrogens with zero attached hydrogens (tertiary/aromatic N) is 6. The summed E-state index contributed by atoms with van der Waals surface area (Å²) in [6, 6.07) is 11.1. The summed E-state index contributed by atoms with van der Waals surface area (Å²) in [5.41, 5.74) is 2.38. The Hall–Kier alpha value is -3.04. The predicted octanol–water partition coefficient (Wildman–Crippen LogP) is 7.26. The lowest BCUT2D eigenvalue weighted by Crippen LogP contribution is -2.47. The molecule has 6 nitrogen and oxygen atoms in total. The number of rotatable bonds is 4. The summed E-state index contributed by atoms with van der Waals surface area (Å²) < 4.78 is 41.7. The summed E-state index contributed by atoms with van der Waals surface area (Å²) in [5, 5.41) is 1.05. The van der Waals surface area contributed by atoms with Crippen molar-refractivity contribution >= 4 is 45.9 Å². The van der Waals surface area contributed by atoms with Gasteiger partial charge in [-0.15, -0.1) is 0 Å². The summed E-state index contributed by atoms with van der Waals surface area (Å²) >= 11 is 12.3. The molecular formula is C27H25Cl2F3N6. The highest BCUT2D eigenvalue weighted by Gasteiger charge is 2.31. The number of benzene rings is 2. The second-order valence-electron chi connectivity index (χ2n) is 9.76. The molecule has 1 aliphatic carbocycles. The van der Waals surface area contributed by atoms with Gasteiger partial charge in [0.2, 0.25) is 0 Å². The average Bonchev–Trinajstić information content (AvgIpc) is 3.58. The minimum absolute atomic E-state index is 0.201. The Morgan fingerprint density at radius 3 is 2.16 bits per heavy atom. The van der Waals surface area contributed by atoms with Crippen molar-refractivity contribution in [3.8, 4) is 11.4 Å². The predicted molar refractivity (Wildman–Crippen MR) is 144 cm³/mol. The van der Waals surface area contributed by atoms with Crippen molar-refractivity contribution in [2.45, 2.75) is 37.9 Å². The molecule has 0 radical (unpaired) electrons. The summed E-state index contributed by atoms with van der Waals surface area (Å²) in [4.78, 5) is 18.6. The van der Waals surface area contributed by atoms with Crippen LogP contribution in [-0.4, -0.2) is 45.7 Å². The smallest absolute Gasteiger partial charge is 0.368 e. The Labute approximate surface area is 228 Å². The number of alkyl halides is 3. The van der Waals surface area contributed by atoms with Crippen molar-refractivity contribution in [2.24, 2.45) is 0 Å². The van der Waals surface area contributed by atoms with E-state index in [1.54, 1.807) is 12.4 Å². The van der Waals surface area contributed by atoms with Crippen LogP contribution >= 0.6 is 23.2 Å². The van der Waals surface area contributed by atoms with E-state index in [0.29, 0.717) is 26.9 Å². The lowest BCUT2D eigenvalue weighted by Gasteiger charge is -2.36. The zero-order valence-corrected chi connectivity index (χ0v) is 21.9. The molecule has 4 aromatic rings. The zero-order valence-electron chi connectivity index (χ0n) is 20.4. The summed E-state index contributed by atoms with van der Waals surface area (Å²) in [5.74, 6) is 1.38. The first kappa shape index (κ1) is 25.2. The maximum Gasteiger partial charge on any atom is 0.416 e. The molecule has 198 valence electrons. The van der Waals surface area contributed by atoms with Gasteiger partial charge in [0.15, 0.2) is 17.0 Å². The van der Waals surface area contributed by atoms with E-state index in [1.807, 2.05) is 12.1 Å². The fourth-order valence-corrected chi connectivity index (χ4v) is 5.80. The molecule has 1 aliphatic heterocycles. The number of hydrogen-bond acceptors (Lipinski definition) is 5. The van der Waals surface area contributed by atoms with Crippen LogP contribution in [0.1, 0.15) is 37.3 Å². The summed E-state index contributed by atoms with van der Waals surface area (Å²) in [6.07, 6.45) is 1.35. The van der Waals surface area contributed by atoms with Crippen LogP contribution in [-0.2, 0) is 6.18 Å². The Balaban J connectivity index is 1.34. The van der Waals surface area contributed by atoms with Gasteiger partial charge in [-0.25, -0.2) is 15.0 Å². The first-order valence-electron chi connectivity index (χ1n) is 12.6. The molecule has 0 amide bonds. The van der Waals surface area contributed by atoms with E-state index in [1.165, 1.54) is 12.1 Å². The minimum Gasteiger partial charge on any atom is -0.368 e. The molecule has 1 saturated carbocycles. The maximum absolute atomic E-state index is 13.2. The van der Waals surface area contributed by atoms with E-state index in [4.69, 9.17) is 28.2 Å². The van der Waals surface area contributed by atoms with E-state index in [-0.39, 0.29) is 6.04 Å². The third-order valence-electron chi connectivity index (χ3n) is 7.47. The molecule has 11 heteroatoms. The van der Waals surface area contributed by atoms with Crippen LogP contribution in [0.5, 0.6) is 0 Å². The van der Waals surface area contributed by atoms with Crippen molar-refractivity contribution in [3.63, 3.8) is 0 Å². The molecule has 38 heavy (non-hydrogen) atoms. The van der Waals surface area contributed by atoms with Gasteiger partial charge in [-0.05, 0) is 43.2 Å². The quantitative estimate of drug-likeness (QED) is 0.263. The highest BCUT2D eigenvalue weighted by atomic mass is 35.5. The number of aromatic nitrogens is 4. The fraction of sp³-hybridized carbons (Fsp3) is 0.370. The second kappa shape index (κ2) is 9.93. The zero-order chi connectivity index (χ0) is 26.4. The Kier molecular flexibility index (Phi) is 6.60. The SMILES string of the molecule is FC(F)(F)c1ccc(-c2nc3c(N4CCN(c5ccc(Cl)c(Cl)c5)CC4)ncnc3n2C2CCCC2)cc1. The van der Waals surface area contributed by atoms with Crippen LogP contribution in [0, 0.1) is 0 Å². The van der Waals surface area contributed by atoms with E-state index in [2.05, 4.69) is 24.3 Å². The molecule has 1 saturated heterocycles. The van der Waals surface area contributed by atoms with Gasteiger partial charge in [-0.1, -0.05) is 48.2 Å². The average molecular weight is 561 g/mol. The van der Waals surface area contributed by atoms with Gasteiger partial charge < -0.3 is 14.4 Å². The van der Waals surface area contributed by atoms with Crippen molar-refractivity contribution in [3.05, 3.63) is 64.4 Å². The normalized spacial score (nSPS) is 17.1. The van der Waals surface area contributed by atoms with Crippen LogP contribution in [0.3, 0.4) is 0 Å². The molecule has 3 heterocycles. The second-order valence-corrected chi connectivity index (χ2v) is 10.6. The van der Waals surface area contributed by atoms with Gasteiger partial charge in [0.1, 0.15) is 12.2 Å². The third-order valence-corrected chi connectivity index (χ3v) is 8.20. The first-order chi connectivity index (χ1) is 18.3. The topological polar surface area (TPSA) is 50.1 Å². The van der Waals surface area contributed by atoms with E-state index in [9.17, 15) is 13.2 Å². The fourth-order valence-electron chi connectivity index (χ4n) is 5.51. The van der Waals surface area contributed by atoms with Crippen LogP contribution in [0.2, 0.25) is 10.0 Å². The standard InChI is InChI=1S/C27H25Cl2F3N6/c28-21-10-9-20(15-22(21)29)36-11-13-37(14-12-36)25-23-26(34-16-33-25)38(19-3-1-2-4-19)24(35-23)17-5-7-18(8-6-17)27(30,31)32/h5-10,15-16,19H,1-4,11-14H2. The van der Waals surface area contributed by atoms with Gasteiger partial charge in [-0.2, -0.15) is 13.2 Å². The lowest BCUT2D eigenvalue weighted by atomic mass is 10.1. The Bertz CT molecular complexity index is 1460. The van der Waals surface area contributed by atoms with Crippen LogP contribution in [0.15, 0.2) is 48.8 Å². The molecule has 2 aromatic heterocycles. The van der Waals surface area contributed by atoms with Crippen molar-refractivity contribution < 1.29 is 13.2 Å². The third kappa shape index (κ3) is 4.66. The molecule has 2 aliphatic rings. The van der Waals surface area contributed by atoms with Crippen molar-refractivity contribution in [1.29, 1.82) is 0 Å². The molecule has 0 spiro atoms. The minimum atomic E-state index is -4.39. The van der Waals surface area contributed by atoms with Gasteiger partial charge in [-0.3, -0.25) is 0 Å². The van der Waals surface area contributed by atoms with Crippen LogP contribution in [0.25, 0.3) is 22.6 Å². The van der Waals surface area contributed by atoms with Crippen LogP contribution < -0.4 is 9.80 Å². The molecule has 0 N–H and O–H groups in total. The molecule has 0 atom stereocenters. The monoisotopic (exact) mass is 560 g/mol. The van der Waals surface area contributed by atoms with Gasteiger partial charge in [0.05, 0.1) is 15.6 Å². The number of fused-ring (bicyclic) bond motifs is 1. The van der Waals surface area contributed by atoms with Gasteiger partial charge >= 0.3 is 6.18 Å². The maximum atomic E-state index is 13.2. The van der Waals surface area contributed by atoms with E-state index >= 15 is 0 Å². The Morgan fingerprint density at radius 2 is 1.50 bits per heavy atom. The highest BCUT2D eigenvalue weighted by molar-refractivity contribution is 6.42. The van der Waals surface area contributed by atoms with Gasteiger partial charge in [0.25, 0.3) is 0 Å². The molecule has 0 unspecified atom stereocenters. The largest absolute Gasteiger partial charge is 0.416 e. The van der Waals surface area contributed by atoms with E-state index in [0.717, 1.165) is 81.1 Å². The molecule has 2 aromatic carbocycles. The Morgan fingerprint density at radius 1 is 0.816 bits per heavy atom. The van der Waals surface area contributed by atoms with Crippen molar-refractivity contribution in [2.75, 3.05) is 36.0 Å². The van der Waals surface area contributed by atoms with Gasteiger partial charge in [0, 0.05) is 43.5 Å². The van der Waals surface area contributed by atoms with E-state index < -0.39 is 11.7 Å². The number of imidazole rings is 1. The first-order valence-corrected chi connectivity index (χ1v) is 13.4. The van der Waals surface area contributed by atoms with Crippen molar-refractivity contribution in [1.82, 2.24) is 19.5 Å². The van der Waals surface area contributed by atoms with Crippen LogP contribution in [0.4, 0.5) is 24.7 Å². The number of hydrogen-bond donors (Lipinski definition) is 0. The summed E-state index contributed by atoms with van der Waals surface area (Å²) in [7, 11) is 0. The molecular weight excluding hydrogens is 536 g/mol. The lowest BCUT2D eigenvalue weighted by molar-refractivity contribution is -0.137.